The molecule has 0 unspecified atom stereocenters. The molecule has 2 aromatic heterocycles. The minimum atomic E-state index is 0.643. The number of nitrogens with one attached hydrogen (secondary N) is 1. The maximum absolute atomic E-state index is 4.27. The van der Waals surface area contributed by atoms with Crippen LogP contribution in [0.2, 0.25) is 0 Å². The van der Waals surface area contributed by atoms with Gasteiger partial charge >= 0.3 is 0 Å². The third kappa shape index (κ3) is 2.74. The smallest absolute Gasteiger partial charge is 0.200 e. The molecular weight excluding hydrogens is 252 g/mol. The predicted octanol–water partition coefficient (Wildman–Crippen LogP) is 1.79. The Bertz CT molecular complexity index is 713. The van der Waals surface area contributed by atoms with Gasteiger partial charge in [-0.3, -0.25) is 0 Å². The molecule has 0 atom stereocenters. The van der Waals surface area contributed by atoms with Gasteiger partial charge in [-0.05, 0) is 48.4 Å². The summed E-state index contributed by atoms with van der Waals surface area (Å²) in [5.74, 6) is 0.772. The molecule has 0 aliphatic rings. The summed E-state index contributed by atoms with van der Waals surface area (Å²) in [5, 5.41) is 18.7. The standard InChI is InChI=1S/C14H16N6/c1-10-7-11(2)9-12(8-10)5-6-15-13-3-4-14-16-18-19-20(14)17-13/h3-4,7-9H,5-6H2,1-2H3,(H,15,17). The van der Waals surface area contributed by atoms with Crippen LogP contribution >= 0.6 is 0 Å². The molecule has 0 bridgehead atoms. The lowest BCUT2D eigenvalue weighted by atomic mass is 10.1. The van der Waals surface area contributed by atoms with Crippen LogP contribution in [0, 0.1) is 13.8 Å². The SMILES string of the molecule is Cc1cc(C)cc(CCNc2ccc3nnnn3n2)c1. The second kappa shape index (κ2) is 5.24. The van der Waals surface area contributed by atoms with Gasteiger partial charge < -0.3 is 5.32 Å². The number of fused-ring (bicyclic) bond motifs is 1. The van der Waals surface area contributed by atoms with Crippen LogP contribution in [0.1, 0.15) is 16.7 Å². The summed E-state index contributed by atoms with van der Waals surface area (Å²) in [6.07, 6.45) is 0.956. The number of benzene rings is 1. The van der Waals surface area contributed by atoms with Crippen LogP contribution in [0.3, 0.4) is 0 Å². The first kappa shape index (κ1) is 12.5. The second-order valence-corrected chi connectivity index (χ2v) is 4.92. The van der Waals surface area contributed by atoms with E-state index in [0.29, 0.717) is 5.65 Å². The highest BCUT2D eigenvalue weighted by molar-refractivity contribution is 5.42. The van der Waals surface area contributed by atoms with Gasteiger partial charge in [0.05, 0.1) is 0 Å². The van der Waals surface area contributed by atoms with E-state index in [0.717, 1.165) is 18.8 Å². The van der Waals surface area contributed by atoms with E-state index in [1.807, 2.05) is 12.1 Å². The molecule has 0 spiro atoms. The number of nitrogens with zero attached hydrogens (tertiary/aromatic N) is 5. The van der Waals surface area contributed by atoms with Crippen molar-refractivity contribution < 1.29 is 0 Å². The first-order valence-corrected chi connectivity index (χ1v) is 6.57. The van der Waals surface area contributed by atoms with E-state index in [9.17, 15) is 0 Å². The van der Waals surface area contributed by atoms with E-state index in [1.54, 1.807) is 0 Å². The normalized spacial score (nSPS) is 10.9. The molecule has 3 rings (SSSR count). The molecule has 6 nitrogen and oxygen atoms in total. The fraction of sp³-hybridized carbons (Fsp3) is 0.286. The molecule has 0 fully saturated rings. The third-order valence-electron chi connectivity index (χ3n) is 3.07. The van der Waals surface area contributed by atoms with Crippen molar-refractivity contribution in [2.24, 2.45) is 0 Å². The lowest BCUT2D eigenvalue weighted by molar-refractivity contribution is 0.733. The molecule has 6 heteroatoms. The fourth-order valence-electron chi connectivity index (χ4n) is 2.29. The largest absolute Gasteiger partial charge is 0.368 e. The molecule has 0 saturated carbocycles. The van der Waals surface area contributed by atoms with Crippen LogP contribution in [-0.2, 0) is 6.42 Å². The van der Waals surface area contributed by atoms with Gasteiger partial charge in [-0.2, -0.15) is 0 Å². The Kier molecular flexibility index (Phi) is 3.28. The number of tetrazole rings is 1. The van der Waals surface area contributed by atoms with Crippen LogP contribution in [0.15, 0.2) is 30.3 Å². The molecule has 0 amide bonds. The van der Waals surface area contributed by atoms with Gasteiger partial charge in [-0.1, -0.05) is 29.3 Å². The predicted molar refractivity (Wildman–Crippen MR) is 76.7 cm³/mol. The van der Waals surface area contributed by atoms with Crippen molar-refractivity contribution >= 4 is 11.5 Å². The third-order valence-corrected chi connectivity index (χ3v) is 3.07. The van der Waals surface area contributed by atoms with E-state index in [1.165, 1.54) is 21.3 Å². The summed E-state index contributed by atoms with van der Waals surface area (Å²) in [7, 11) is 0. The van der Waals surface area contributed by atoms with Crippen molar-refractivity contribution in [3.8, 4) is 0 Å². The summed E-state index contributed by atoms with van der Waals surface area (Å²) in [6, 6.07) is 10.3. The monoisotopic (exact) mass is 268 g/mol. The highest BCUT2D eigenvalue weighted by Crippen LogP contribution is 2.10. The Morgan fingerprint density at radius 3 is 2.70 bits per heavy atom. The summed E-state index contributed by atoms with van der Waals surface area (Å²) < 4.78 is 1.42. The quantitative estimate of drug-likeness (QED) is 0.781. The Morgan fingerprint density at radius 2 is 1.90 bits per heavy atom. The van der Waals surface area contributed by atoms with E-state index < -0.39 is 0 Å². The Balaban J connectivity index is 1.64. The van der Waals surface area contributed by atoms with Crippen molar-refractivity contribution in [2.45, 2.75) is 20.3 Å². The number of rotatable bonds is 4. The topological polar surface area (TPSA) is 68.0 Å². The van der Waals surface area contributed by atoms with E-state index in [2.05, 4.69) is 58.0 Å². The molecule has 102 valence electrons. The minimum Gasteiger partial charge on any atom is -0.368 e. The van der Waals surface area contributed by atoms with Gasteiger partial charge in [0.25, 0.3) is 0 Å². The number of hydrogen-bond acceptors (Lipinski definition) is 5. The average Bonchev–Trinajstić information content (AvgIpc) is 2.85. The summed E-state index contributed by atoms with van der Waals surface area (Å²) >= 11 is 0. The molecular formula is C14H16N6. The lowest BCUT2D eigenvalue weighted by Crippen LogP contribution is -2.08. The summed E-state index contributed by atoms with van der Waals surface area (Å²) in [5.41, 5.74) is 4.57. The van der Waals surface area contributed by atoms with Crippen molar-refractivity contribution in [3.63, 3.8) is 0 Å². The highest BCUT2D eigenvalue weighted by atomic mass is 15.6. The van der Waals surface area contributed by atoms with Crippen molar-refractivity contribution in [1.82, 2.24) is 25.3 Å². The first-order chi connectivity index (χ1) is 9.70. The fourth-order valence-corrected chi connectivity index (χ4v) is 2.29. The summed E-state index contributed by atoms with van der Waals surface area (Å²) in [4.78, 5) is 0. The molecule has 0 saturated heterocycles. The lowest BCUT2D eigenvalue weighted by Gasteiger charge is -2.07. The first-order valence-electron chi connectivity index (χ1n) is 6.57. The van der Waals surface area contributed by atoms with Crippen molar-refractivity contribution in [3.05, 3.63) is 47.0 Å². The Morgan fingerprint density at radius 1 is 1.10 bits per heavy atom. The van der Waals surface area contributed by atoms with Crippen LogP contribution in [0.4, 0.5) is 5.82 Å². The zero-order valence-corrected chi connectivity index (χ0v) is 11.5. The van der Waals surface area contributed by atoms with E-state index in [4.69, 9.17) is 0 Å². The molecule has 1 aromatic carbocycles. The zero-order chi connectivity index (χ0) is 13.9. The van der Waals surface area contributed by atoms with Crippen molar-refractivity contribution in [1.29, 1.82) is 0 Å². The highest BCUT2D eigenvalue weighted by Gasteiger charge is 2.01. The van der Waals surface area contributed by atoms with Crippen LogP contribution < -0.4 is 5.32 Å². The van der Waals surface area contributed by atoms with Gasteiger partial charge in [-0.25, -0.2) is 0 Å². The summed E-state index contributed by atoms with van der Waals surface area (Å²) in [6.45, 7) is 5.07. The Hall–Kier alpha value is -2.50. The van der Waals surface area contributed by atoms with Crippen molar-refractivity contribution in [2.75, 3.05) is 11.9 Å². The van der Waals surface area contributed by atoms with E-state index in [-0.39, 0.29) is 0 Å². The molecule has 0 radical (unpaired) electrons. The molecule has 0 aliphatic heterocycles. The van der Waals surface area contributed by atoms with Gasteiger partial charge in [0.15, 0.2) is 5.65 Å². The minimum absolute atomic E-state index is 0.643. The van der Waals surface area contributed by atoms with Crippen LogP contribution in [-0.4, -0.2) is 31.8 Å². The van der Waals surface area contributed by atoms with Crippen LogP contribution in [0.5, 0.6) is 0 Å². The van der Waals surface area contributed by atoms with Gasteiger partial charge in [-0.15, -0.1) is 14.8 Å². The maximum Gasteiger partial charge on any atom is 0.200 e. The molecule has 2 heterocycles. The number of aromatic nitrogens is 5. The van der Waals surface area contributed by atoms with Crippen LogP contribution in [0.25, 0.3) is 5.65 Å². The Labute approximate surface area is 116 Å². The molecule has 3 aromatic rings. The molecule has 20 heavy (non-hydrogen) atoms. The van der Waals surface area contributed by atoms with Gasteiger partial charge in [0.1, 0.15) is 5.82 Å². The molecule has 1 N–H and O–H groups in total. The van der Waals surface area contributed by atoms with Gasteiger partial charge in [0, 0.05) is 6.54 Å². The van der Waals surface area contributed by atoms with Gasteiger partial charge in [0.2, 0.25) is 0 Å². The van der Waals surface area contributed by atoms with E-state index >= 15 is 0 Å². The average molecular weight is 268 g/mol. The number of hydrogen-bond donors (Lipinski definition) is 1. The molecule has 0 aliphatic carbocycles. The zero-order valence-electron chi connectivity index (χ0n) is 11.5. The number of anilines is 1. The second-order valence-electron chi connectivity index (χ2n) is 4.92. The number of aryl methyl sites for hydroxylation is 2. The maximum atomic E-state index is 4.27.